The molecule has 0 aliphatic carbocycles. The molecule has 0 N–H and O–H groups in total. The molecule has 0 bridgehead atoms. The number of aromatic nitrogens is 3. The van der Waals surface area contributed by atoms with Gasteiger partial charge in [-0.05, 0) is 30.3 Å². The highest BCUT2D eigenvalue weighted by Crippen LogP contribution is 2.33. The van der Waals surface area contributed by atoms with Gasteiger partial charge in [0, 0.05) is 17.7 Å². The maximum atomic E-state index is 13.5. The van der Waals surface area contributed by atoms with Gasteiger partial charge in [-0.2, -0.15) is 0 Å². The first kappa shape index (κ1) is 17.8. The van der Waals surface area contributed by atoms with Crippen LogP contribution in [0.25, 0.3) is 28.0 Å². The summed E-state index contributed by atoms with van der Waals surface area (Å²) in [6.07, 6.45) is 3.41. The van der Waals surface area contributed by atoms with Crippen molar-refractivity contribution in [2.75, 3.05) is 21.3 Å². The molecule has 0 saturated carbocycles. The Morgan fingerprint density at radius 1 is 0.821 bits per heavy atom. The van der Waals surface area contributed by atoms with Gasteiger partial charge in [0.2, 0.25) is 0 Å². The number of methoxy groups -OCH3 is 3. The van der Waals surface area contributed by atoms with E-state index in [1.165, 1.54) is 19.2 Å². The molecule has 0 aliphatic heterocycles. The lowest BCUT2D eigenvalue weighted by Gasteiger charge is -2.11. The minimum absolute atomic E-state index is 0.364. The Morgan fingerprint density at radius 2 is 1.61 bits per heavy atom. The molecule has 0 fully saturated rings. The van der Waals surface area contributed by atoms with Gasteiger partial charge in [0.25, 0.3) is 0 Å². The summed E-state index contributed by atoms with van der Waals surface area (Å²) in [7, 11) is 4.69. The van der Waals surface area contributed by atoms with Crippen LogP contribution in [-0.2, 0) is 0 Å². The van der Waals surface area contributed by atoms with Crippen LogP contribution in [0.2, 0.25) is 0 Å². The van der Waals surface area contributed by atoms with Crippen LogP contribution in [-0.4, -0.2) is 35.9 Å². The van der Waals surface area contributed by atoms with Crippen molar-refractivity contribution in [2.24, 2.45) is 0 Å². The second-order valence-electron chi connectivity index (χ2n) is 6.06. The van der Waals surface area contributed by atoms with E-state index in [1.807, 2.05) is 28.8 Å². The van der Waals surface area contributed by atoms with Crippen LogP contribution in [0, 0.1) is 5.82 Å². The monoisotopic (exact) mass is 379 g/mol. The van der Waals surface area contributed by atoms with Crippen molar-refractivity contribution in [1.29, 1.82) is 0 Å². The standard InChI is InChI=1S/C21H18FN3O3/c1-26-19-7-5-14(9-21(19)28-3)25-12-24-17-11-23-16(10-18(17)25)15-6-4-13(22)8-20(15)27-2/h4-12H,1-3H3. The number of pyridine rings is 1. The van der Waals surface area contributed by atoms with Gasteiger partial charge in [-0.3, -0.25) is 9.55 Å². The number of hydrogen-bond acceptors (Lipinski definition) is 5. The minimum Gasteiger partial charge on any atom is -0.496 e. The first-order chi connectivity index (χ1) is 13.6. The molecule has 28 heavy (non-hydrogen) atoms. The number of fused-ring (bicyclic) bond motifs is 1. The second-order valence-corrected chi connectivity index (χ2v) is 6.06. The maximum absolute atomic E-state index is 13.5. The molecule has 2 heterocycles. The molecule has 0 amide bonds. The Bertz CT molecular complexity index is 1160. The topological polar surface area (TPSA) is 58.4 Å². The van der Waals surface area contributed by atoms with E-state index in [1.54, 1.807) is 32.8 Å². The van der Waals surface area contributed by atoms with Crippen LogP contribution in [0.4, 0.5) is 4.39 Å². The number of imidazole rings is 1. The smallest absolute Gasteiger partial charge is 0.162 e. The molecule has 142 valence electrons. The normalized spacial score (nSPS) is 10.9. The molecule has 0 saturated heterocycles. The van der Waals surface area contributed by atoms with Crippen LogP contribution in [0.1, 0.15) is 0 Å². The molecule has 0 atom stereocenters. The fourth-order valence-corrected chi connectivity index (χ4v) is 3.12. The van der Waals surface area contributed by atoms with E-state index in [0.29, 0.717) is 28.5 Å². The Labute approximate surface area is 161 Å². The average Bonchev–Trinajstić information content (AvgIpc) is 3.16. The fraction of sp³-hybridized carbons (Fsp3) is 0.143. The van der Waals surface area contributed by atoms with E-state index in [2.05, 4.69) is 9.97 Å². The zero-order chi connectivity index (χ0) is 19.7. The van der Waals surface area contributed by atoms with Crippen molar-refractivity contribution in [3.05, 3.63) is 60.8 Å². The van der Waals surface area contributed by atoms with Crippen molar-refractivity contribution >= 4 is 11.0 Å². The molecule has 4 rings (SSSR count). The fourth-order valence-electron chi connectivity index (χ4n) is 3.12. The summed E-state index contributed by atoms with van der Waals surface area (Å²) in [5, 5.41) is 0. The van der Waals surface area contributed by atoms with Crippen molar-refractivity contribution in [3.8, 4) is 34.2 Å². The summed E-state index contributed by atoms with van der Waals surface area (Å²) in [6.45, 7) is 0. The molecule has 7 heteroatoms. The van der Waals surface area contributed by atoms with Crippen LogP contribution < -0.4 is 14.2 Å². The third kappa shape index (κ3) is 3.00. The van der Waals surface area contributed by atoms with Gasteiger partial charge in [0.1, 0.15) is 23.4 Å². The summed E-state index contributed by atoms with van der Waals surface area (Å²) in [4.78, 5) is 8.88. The molecule has 0 aliphatic rings. The maximum Gasteiger partial charge on any atom is 0.162 e. The Morgan fingerprint density at radius 3 is 2.36 bits per heavy atom. The highest BCUT2D eigenvalue weighted by atomic mass is 19.1. The van der Waals surface area contributed by atoms with Gasteiger partial charge in [0.05, 0.1) is 44.4 Å². The second kappa shape index (κ2) is 7.19. The lowest BCUT2D eigenvalue weighted by atomic mass is 10.1. The Balaban J connectivity index is 1.86. The summed E-state index contributed by atoms with van der Waals surface area (Å²) in [5.41, 5.74) is 3.81. The van der Waals surface area contributed by atoms with Crippen molar-refractivity contribution in [3.63, 3.8) is 0 Å². The predicted molar refractivity (Wildman–Crippen MR) is 104 cm³/mol. The van der Waals surface area contributed by atoms with E-state index in [0.717, 1.165) is 16.7 Å². The van der Waals surface area contributed by atoms with Gasteiger partial charge >= 0.3 is 0 Å². The molecule has 0 spiro atoms. The summed E-state index contributed by atoms with van der Waals surface area (Å²) >= 11 is 0. The van der Waals surface area contributed by atoms with Gasteiger partial charge in [-0.15, -0.1) is 0 Å². The largest absolute Gasteiger partial charge is 0.496 e. The quantitative estimate of drug-likeness (QED) is 0.519. The zero-order valence-corrected chi connectivity index (χ0v) is 15.6. The van der Waals surface area contributed by atoms with E-state index >= 15 is 0 Å². The molecule has 2 aromatic carbocycles. The van der Waals surface area contributed by atoms with Gasteiger partial charge in [-0.1, -0.05) is 0 Å². The lowest BCUT2D eigenvalue weighted by Crippen LogP contribution is -1.96. The molecule has 6 nitrogen and oxygen atoms in total. The molecule has 0 radical (unpaired) electrons. The van der Waals surface area contributed by atoms with E-state index < -0.39 is 0 Å². The predicted octanol–water partition coefficient (Wildman–Crippen LogP) is 4.25. The number of benzene rings is 2. The molecule has 0 unspecified atom stereocenters. The summed E-state index contributed by atoms with van der Waals surface area (Å²) in [5.74, 6) is 1.33. The molecular weight excluding hydrogens is 361 g/mol. The zero-order valence-electron chi connectivity index (χ0n) is 15.6. The lowest BCUT2D eigenvalue weighted by molar-refractivity contribution is 0.355. The molecule has 2 aromatic heterocycles. The van der Waals surface area contributed by atoms with Gasteiger partial charge in [0.15, 0.2) is 11.5 Å². The van der Waals surface area contributed by atoms with Crippen LogP contribution in [0.3, 0.4) is 0 Å². The third-order valence-electron chi connectivity index (χ3n) is 4.52. The first-order valence-corrected chi connectivity index (χ1v) is 8.54. The summed E-state index contributed by atoms with van der Waals surface area (Å²) in [6, 6.07) is 11.9. The number of rotatable bonds is 5. The number of hydrogen-bond donors (Lipinski definition) is 0. The van der Waals surface area contributed by atoms with Crippen molar-refractivity contribution < 1.29 is 18.6 Å². The molecule has 4 aromatic rings. The number of nitrogens with zero attached hydrogens (tertiary/aromatic N) is 3. The number of halogens is 1. The van der Waals surface area contributed by atoms with Gasteiger partial charge in [-0.25, -0.2) is 9.37 Å². The Kier molecular flexibility index (Phi) is 4.57. The molecular formula is C21H18FN3O3. The SMILES string of the molecule is COc1ccc(-n2cnc3cnc(-c4ccc(F)cc4OC)cc32)cc1OC. The van der Waals surface area contributed by atoms with Crippen molar-refractivity contribution in [2.45, 2.75) is 0 Å². The first-order valence-electron chi connectivity index (χ1n) is 8.54. The van der Waals surface area contributed by atoms with Crippen molar-refractivity contribution in [1.82, 2.24) is 14.5 Å². The summed E-state index contributed by atoms with van der Waals surface area (Å²) < 4.78 is 31.5. The van der Waals surface area contributed by atoms with E-state index in [9.17, 15) is 4.39 Å². The minimum atomic E-state index is -0.364. The number of ether oxygens (including phenoxy) is 3. The average molecular weight is 379 g/mol. The van der Waals surface area contributed by atoms with Crippen LogP contribution >= 0.6 is 0 Å². The van der Waals surface area contributed by atoms with E-state index in [-0.39, 0.29) is 5.82 Å². The van der Waals surface area contributed by atoms with Gasteiger partial charge < -0.3 is 14.2 Å². The highest BCUT2D eigenvalue weighted by Gasteiger charge is 2.13. The third-order valence-corrected chi connectivity index (χ3v) is 4.52. The van der Waals surface area contributed by atoms with E-state index in [4.69, 9.17) is 14.2 Å². The Hall–Kier alpha value is -3.61. The van der Waals surface area contributed by atoms with Crippen LogP contribution in [0.5, 0.6) is 17.2 Å². The van der Waals surface area contributed by atoms with Crippen LogP contribution in [0.15, 0.2) is 55.0 Å². The highest BCUT2D eigenvalue weighted by molar-refractivity contribution is 5.82.